The van der Waals surface area contributed by atoms with E-state index in [1.54, 1.807) is 0 Å². The number of aliphatic hydroxyl groups excluding tert-OH is 1. The highest BCUT2D eigenvalue weighted by Gasteiger charge is 2.08. The van der Waals surface area contributed by atoms with E-state index in [4.69, 9.17) is 5.26 Å². The Morgan fingerprint density at radius 1 is 1.35 bits per heavy atom. The second kappa shape index (κ2) is 6.27. The van der Waals surface area contributed by atoms with Gasteiger partial charge in [0.1, 0.15) is 0 Å². The summed E-state index contributed by atoms with van der Waals surface area (Å²) in [6.07, 6.45) is 0.341. The minimum Gasteiger partial charge on any atom is -0.388 e. The Kier molecular flexibility index (Phi) is 4.99. The Bertz CT molecular complexity index is 380. The van der Waals surface area contributed by atoms with Crippen LogP contribution in [0.3, 0.4) is 0 Å². The summed E-state index contributed by atoms with van der Waals surface area (Å²) in [4.78, 5) is 2.05. The first-order valence-corrected chi connectivity index (χ1v) is 5.97. The van der Waals surface area contributed by atoms with E-state index in [9.17, 15) is 5.11 Å². The molecule has 0 spiro atoms. The predicted molar refractivity (Wildman–Crippen MR) is 69.7 cm³/mol. The summed E-state index contributed by atoms with van der Waals surface area (Å²) in [6.45, 7) is 4.58. The van der Waals surface area contributed by atoms with Gasteiger partial charge in [0.15, 0.2) is 0 Å². The van der Waals surface area contributed by atoms with Crippen LogP contribution >= 0.6 is 0 Å². The number of aliphatic hydroxyl groups is 1. The fourth-order valence-electron chi connectivity index (χ4n) is 1.74. The van der Waals surface area contributed by atoms with Gasteiger partial charge in [-0.05, 0) is 31.0 Å². The first-order chi connectivity index (χ1) is 8.08. The third-order valence-corrected chi connectivity index (χ3v) is 2.87. The second-order valence-electron chi connectivity index (χ2n) is 4.43. The highest BCUT2D eigenvalue weighted by Crippen LogP contribution is 2.20. The summed E-state index contributed by atoms with van der Waals surface area (Å²) >= 11 is 0. The minimum absolute atomic E-state index is 0.0147. The molecule has 0 aliphatic carbocycles. The molecule has 1 rings (SSSR count). The number of hydrogen-bond acceptors (Lipinski definition) is 3. The summed E-state index contributed by atoms with van der Waals surface area (Å²) in [5.41, 5.74) is 2.01. The van der Waals surface area contributed by atoms with E-state index in [2.05, 4.69) is 11.0 Å². The lowest BCUT2D eigenvalue weighted by atomic mass is 10.1. The zero-order chi connectivity index (χ0) is 12.8. The highest BCUT2D eigenvalue weighted by molar-refractivity contribution is 5.47. The van der Waals surface area contributed by atoms with Crippen molar-refractivity contribution in [2.75, 3.05) is 18.5 Å². The van der Waals surface area contributed by atoms with Crippen molar-refractivity contribution in [3.63, 3.8) is 0 Å². The Hall–Kier alpha value is -1.53. The molecule has 0 aromatic heterocycles. The van der Waals surface area contributed by atoms with Crippen LogP contribution in [0.15, 0.2) is 24.3 Å². The zero-order valence-electron chi connectivity index (χ0n) is 10.7. The summed E-state index contributed by atoms with van der Waals surface area (Å²) in [7, 11) is 1.97. The van der Waals surface area contributed by atoms with Gasteiger partial charge in [0, 0.05) is 19.3 Å². The number of rotatable bonds is 5. The maximum Gasteiger partial charge on any atom is 0.0787 e. The van der Waals surface area contributed by atoms with Crippen LogP contribution in [0.5, 0.6) is 0 Å². The van der Waals surface area contributed by atoms with Crippen molar-refractivity contribution >= 4 is 5.69 Å². The molecule has 17 heavy (non-hydrogen) atoms. The standard InChI is InChI=1S/C14H20N2O/c1-4-14(17)12-5-7-13(8-6-12)16(3)10-11(2)9-15/h5-8,11,14,17H,4,10H2,1-3H3/t11?,14-/m0/s1. The van der Waals surface area contributed by atoms with Gasteiger partial charge < -0.3 is 10.0 Å². The molecule has 0 aliphatic rings. The molecule has 92 valence electrons. The van der Waals surface area contributed by atoms with E-state index in [1.807, 2.05) is 45.2 Å². The maximum absolute atomic E-state index is 9.69. The fraction of sp³-hybridized carbons (Fsp3) is 0.500. The van der Waals surface area contributed by atoms with E-state index in [1.165, 1.54) is 0 Å². The van der Waals surface area contributed by atoms with Crippen LogP contribution in [0.1, 0.15) is 31.9 Å². The van der Waals surface area contributed by atoms with Crippen LogP contribution in [0, 0.1) is 17.2 Å². The van der Waals surface area contributed by atoms with Gasteiger partial charge in [0.2, 0.25) is 0 Å². The first-order valence-electron chi connectivity index (χ1n) is 5.97. The third-order valence-electron chi connectivity index (χ3n) is 2.87. The van der Waals surface area contributed by atoms with E-state index in [0.29, 0.717) is 6.54 Å². The molecule has 2 atom stereocenters. The van der Waals surface area contributed by atoms with Crippen molar-refractivity contribution < 1.29 is 5.11 Å². The molecule has 1 aromatic rings. The molecule has 0 heterocycles. The lowest BCUT2D eigenvalue weighted by Crippen LogP contribution is -2.23. The van der Waals surface area contributed by atoms with E-state index < -0.39 is 0 Å². The Morgan fingerprint density at radius 3 is 2.41 bits per heavy atom. The molecule has 3 nitrogen and oxygen atoms in total. The predicted octanol–water partition coefficient (Wildman–Crippen LogP) is 2.73. The molecule has 0 amide bonds. The van der Waals surface area contributed by atoms with Crippen LogP contribution < -0.4 is 4.90 Å². The van der Waals surface area contributed by atoms with Crippen LogP contribution in [0.25, 0.3) is 0 Å². The Balaban J connectivity index is 2.71. The molecule has 1 N–H and O–H groups in total. The largest absolute Gasteiger partial charge is 0.388 e. The molecule has 1 unspecified atom stereocenters. The first kappa shape index (κ1) is 13.5. The van der Waals surface area contributed by atoms with Gasteiger partial charge in [0.25, 0.3) is 0 Å². The summed E-state index contributed by atoms with van der Waals surface area (Å²) < 4.78 is 0. The Labute approximate surface area is 103 Å². The monoisotopic (exact) mass is 232 g/mol. The molecule has 0 bridgehead atoms. The van der Waals surface area contributed by atoms with Crippen LogP contribution in [0.2, 0.25) is 0 Å². The number of anilines is 1. The quantitative estimate of drug-likeness (QED) is 0.849. The molecule has 0 saturated carbocycles. The lowest BCUT2D eigenvalue weighted by Gasteiger charge is -2.21. The molecule has 0 aliphatic heterocycles. The van der Waals surface area contributed by atoms with Gasteiger partial charge in [0.05, 0.1) is 18.1 Å². The maximum atomic E-state index is 9.69. The zero-order valence-corrected chi connectivity index (χ0v) is 10.7. The average molecular weight is 232 g/mol. The van der Waals surface area contributed by atoms with Crippen molar-refractivity contribution in [2.24, 2.45) is 5.92 Å². The van der Waals surface area contributed by atoms with Gasteiger partial charge >= 0.3 is 0 Å². The molecule has 3 heteroatoms. The number of nitriles is 1. The normalized spacial score (nSPS) is 13.8. The lowest BCUT2D eigenvalue weighted by molar-refractivity contribution is 0.173. The van der Waals surface area contributed by atoms with Crippen LogP contribution in [0.4, 0.5) is 5.69 Å². The van der Waals surface area contributed by atoms with Crippen molar-refractivity contribution in [3.05, 3.63) is 29.8 Å². The van der Waals surface area contributed by atoms with E-state index in [-0.39, 0.29) is 12.0 Å². The van der Waals surface area contributed by atoms with Crippen molar-refractivity contribution in [1.82, 2.24) is 0 Å². The molecule has 1 aromatic carbocycles. The van der Waals surface area contributed by atoms with Crippen LogP contribution in [-0.2, 0) is 0 Å². The number of benzene rings is 1. The van der Waals surface area contributed by atoms with Gasteiger partial charge in [-0.15, -0.1) is 0 Å². The SMILES string of the molecule is CC[C@H](O)c1ccc(N(C)CC(C)C#N)cc1. The van der Waals surface area contributed by atoms with E-state index >= 15 is 0 Å². The Morgan fingerprint density at radius 2 is 1.94 bits per heavy atom. The molecular weight excluding hydrogens is 212 g/mol. The summed E-state index contributed by atoms with van der Waals surface area (Å²) in [5, 5.41) is 18.5. The van der Waals surface area contributed by atoms with Gasteiger partial charge in [-0.2, -0.15) is 5.26 Å². The summed E-state index contributed by atoms with van der Waals surface area (Å²) in [5.74, 6) is 0.0147. The highest BCUT2D eigenvalue weighted by atomic mass is 16.3. The third kappa shape index (κ3) is 3.76. The minimum atomic E-state index is -0.382. The number of hydrogen-bond donors (Lipinski definition) is 1. The molecule has 0 saturated heterocycles. The van der Waals surface area contributed by atoms with Gasteiger partial charge in [-0.1, -0.05) is 19.1 Å². The van der Waals surface area contributed by atoms with Crippen molar-refractivity contribution in [3.8, 4) is 6.07 Å². The van der Waals surface area contributed by atoms with Gasteiger partial charge in [-0.3, -0.25) is 0 Å². The van der Waals surface area contributed by atoms with Crippen molar-refractivity contribution in [2.45, 2.75) is 26.4 Å². The molecule has 0 fully saturated rings. The van der Waals surface area contributed by atoms with Crippen LogP contribution in [-0.4, -0.2) is 18.7 Å². The smallest absolute Gasteiger partial charge is 0.0787 e. The topological polar surface area (TPSA) is 47.3 Å². The molecule has 0 radical (unpaired) electrons. The number of nitrogens with zero attached hydrogens (tertiary/aromatic N) is 2. The van der Waals surface area contributed by atoms with Crippen molar-refractivity contribution in [1.29, 1.82) is 5.26 Å². The van der Waals surface area contributed by atoms with E-state index in [0.717, 1.165) is 17.7 Å². The fourth-order valence-corrected chi connectivity index (χ4v) is 1.74. The van der Waals surface area contributed by atoms with Gasteiger partial charge in [-0.25, -0.2) is 0 Å². The second-order valence-corrected chi connectivity index (χ2v) is 4.43. The molecular formula is C14H20N2O. The average Bonchev–Trinajstić information content (AvgIpc) is 2.37. The summed E-state index contributed by atoms with van der Waals surface area (Å²) in [6, 6.07) is 10.1.